The maximum atomic E-state index is 13.1. The Morgan fingerprint density at radius 2 is 0.495 bits per heavy atom. The zero-order chi connectivity index (χ0) is 75.6. The van der Waals surface area contributed by atoms with Crippen molar-refractivity contribution in [1.82, 2.24) is 0 Å². The van der Waals surface area contributed by atoms with Gasteiger partial charge in [0.25, 0.3) is 0 Å². The van der Waals surface area contributed by atoms with Crippen molar-refractivity contribution in [3.8, 4) is 0 Å². The number of unbranched alkanes of at least 4 members (excludes halogenated alkanes) is 52. The molecule has 0 aromatic rings. The molecule has 0 rings (SSSR count). The smallest absolute Gasteiger partial charge is 0.462 e. The first-order valence-corrected chi connectivity index (χ1v) is 46.5. The second-order valence-electron chi connectivity index (χ2n) is 30.9. The molecule has 0 saturated carbocycles. The Bertz CT molecular complexity index is 1980. The fraction of sp³-hybridized carbons (Fsp3) is 0.952. The number of esters is 4. The molecule has 103 heavy (non-hydrogen) atoms. The quantitative estimate of drug-likeness (QED) is 0.0222. The van der Waals surface area contributed by atoms with Crippen LogP contribution in [0.3, 0.4) is 0 Å². The van der Waals surface area contributed by atoms with Crippen molar-refractivity contribution < 1.29 is 80.2 Å². The summed E-state index contributed by atoms with van der Waals surface area (Å²) in [7, 11) is -9.92. The number of carbonyl (C=O) groups excluding carboxylic acids is 4. The topological polar surface area (TPSA) is 237 Å². The molecule has 0 fully saturated rings. The highest BCUT2D eigenvalue weighted by Crippen LogP contribution is 2.45. The number of hydrogen-bond acceptors (Lipinski definition) is 15. The zero-order valence-corrected chi connectivity index (χ0v) is 69.4. The minimum atomic E-state index is -4.96. The van der Waals surface area contributed by atoms with Crippen LogP contribution in [0.15, 0.2) is 0 Å². The van der Waals surface area contributed by atoms with Crippen LogP contribution in [0.4, 0.5) is 0 Å². The van der Waals surface area contributed by atoms with Crippen molar-refractivity contribution in [2.24, 2.45) is 11.8 Å². The predicted molar refractivity (Wildman–Crippen MR) is 423 cm³/mol. The van der Waals surface area contributed by atoms with Gasteiger partial charge in [0, 0.05) is 25.7 Å². The molecule has 0 aliphatic heterocycles. The van der Waals surface area contributed by atoms with E-state index in [4.69, 9.17) is 37.0 Å². The Labute approximate surface area is 632 Å². The van der Waals surface area contributed by atoms with E-state index in [9.17, 15) is 43.2 Å². The van der Waals surface area contributed by atoms with Crippen molar-refractivity contribution in [3.05, 3.63) is 0 Å². The lowest BCUT2D eigenvalue weighted by atomic mass is 9.99. The average Bonchev–Trinajstić information content (AvgIpc) is 0.909. The minimum absolute atomic E-state index is 0.108. The van der Waals surface area contributed by atoms with Crippen molar-refractivity contribution in [3.63, 3.8) is 0 Å². The van der Waals surface area contributed by atoms with Crippen LogP contribution in [0.2, 0.25) is 0 Å². The first-order valence-electron chi connectivity index (χ1n) is 43.5. The number of aliphatic hydroxyl groups excluding tert-OH is 1. The molecule has 0 aromatic carbocycles. The highest BCUT2D eigenvalue weighted by atomic mass is 31.2. The van der Waals surface area contributed by atoms with Gasteiger partial charge in [0.1, 0.15) is 19.3 Å². The lowest BCUT2D eigenvalue weighted by Crippen LogP contribution is -2.30. The first-order chi connectivity index (χ1) is 49.9. The third-order valence-corrected chi connectivity index (χ3v) is 22.0. The van der Waals surface area contributed by atoms with Crippen LogP contribution >= 0.6 is 15.6 Å². The second-order valence-corrected chi connectivity index (χ2v) is 33.8. The number of phosphoric ester groups is 2. The SMILES string of the molecule is CCCCCCCCCCCCCCCCC(=O)O[C@H](COC(=O)CCCCCCCCCCCCC)COP(=O)(O)OC[C@H](O)COP(=O)(O)OC[C@@H](COC(=O)CCCCCCCCCCCCCCCC(C)C)OC(=O)CCCCCCCCCCCCCCCCCCCCC(C)CC. The van der Waals surface area contributed by atoms with E-state index in [1.807, 2.05) is 0 Å². The number of phosphoric acid groups is 2. The highest BCUT2D eigenvalue weighted by Gasteiger charge is 2.30. The summed E-state index contributed by atoms with van der Waals surface area (Å²) in [6, 6.07) is 0. The largest absolute Gasteiger partial charge is 0.472 e. The van der Waals surface area contributed by atoms with Crippen molar-refractivity contribution >= 4 is 39.5 Å². The van der Waals surface area contributed by atoms with E-state index in [0.717, 1.165) is 102 Å². The monoisotopic (exact) mass is 1510 g/mol. The lowest BCUT2D eigenvalue weighted by Gasteiger charge is -2.21. The van der Waals surface area contributed by atoms with Crippen LogP contribution in [-0.4, -0.2) is 96.7 Å². The van der Waals surface area contributed by atoms with E-state index < -0.39 is 97.5 Å². The number of ether oxygens (including phenoxy) is 4. The molecule has 17 nitrogen and oxygen atoms in total. The fourth-order valence-electron chi connectivity index (χ4n) is 13.0. The van der Waals surface area contributed by atoms with Gasteiger partial charge in [-0.05, 0) is 37.5 Å². The predicted octanol–water partition coefficient (Wildman–Crippen LogP) is 25.5. The number of hydrogen-bond donors (Lipinski definition) is 3. The van der Waals surface area contributed by atoms with Gasteiger partial charge < -0.3 is 33.8 Å². The van der Waals surface area contributed by atoms with Gasteiger partial charge in [-0.25, -0.2) is 9.13 Å². The standard InChI is InChI=1S/C84H164O17P2/c1-7-10-12-14-16-18-20-21-31-38-44-50-56-62-68-83(88)100-79(72-94-81(86)66-60-54-48-42-34-19-17-15-13-11-8-2)74-98-102(90,91)96-70-78(85)71-97-103(92,93)99-75-80(73-95-82(87)67-61-55-49-43-37-33-28-29-35-40-46-52-58-64-76(4)5)101-84(89)69-63-57-51-45-39-32-27-25-23-22-24-26-30-36-41-47-53-59-65-77(6)9-3/h76-80,85H,7-75H2,1-6H3,(H,90,91)(H,92,93)/t77?,78-,79+,80+/m0/s1. The summed E-state index contributed by atoms with van der Waals surface area (Å²) in [5.74, 6) is -0.441. The molecule has 612 valence electrons. The number of rotatable bonds is 83. The third-order valence-electron chi connectivity index (χ3n) is 20.1. The Morgan fingerprint density at radius 1 is 0.282 bits per heavy atom. The van der Waals surface area contributed by atoms with Crippen LogP contribution in [0, 0.1) is 11.8 Å². The van der Waals surface area contributed by atoms with Gasteiger partial charge in [0.15, 0.2) is 12.2 Å². The van der Waals surface area contributed by atoms with Crippen LogP contribution in [0.1, 0.15) is 446 Å². The van der Waals surface area contributed by atoms with E-state index in [0.29, 0.717) is 25.7 Å². The number of aliphatic hydroxyl groups is 1. The van der Waals surface area contributed by atoms with E-state index in [1.165, 1.54) is 263 Å². The molecule has 19 heteroatoms. The summed E-state index contributed by atoms with van der Waals surface area (Å²) < 4.78 is 68.8. The molecule has 6 atom stereocenters. The second kappa shape index (κ2) is 75.5. The molecule has 0 amide bonds. The van der Waals surface area contributed by atoms with Crippen molar-refractivity contribution in [1.29, 1.82) is 0 Å². The van der Waals surface area contributed by atoms with E-state index >= 15 is 0 Å². The molecule has 0 aliphatic rings. The number of carbonyl (C=O) groups is 4. The minimum Gasteiger partial charge on any atom is -0.462 e. The first kappa shape index (κ1) is 101. The average molecular weight is 1510 g/mol. The molecule has 0 radical (unpaired) electrons. The molecule has 3 N–H and O–H groups in total. The molecule has 0 spiro atoms. The summed E-state index contributed by atoms with van der Waals surface area (Å²) in [6.07, 6.45) is 66.5. The molecule has 0 heterocycles. The third kappa shape index (κ3) is 76.6. The summed E-state index contributed by atoms with van der Waals surface area (Å²) in [4.78, 5) is 73.1. The molecule has 0 saturated heterocycles. The Hall–Kier alpha value is -1.94. The van der Waals surface area contributed by atoms with Gasteiger partial charge >= 0.3 is 39.5 Å². The van der Waals surface area contributed by atoms with Crippen molar-refractivity contribution in [2.75, 3.05) is 39.6 Å². The highest BCUT2D eigenvalue weighted by molar-refractivity contribution is 7.47. The lowest BCUT2D eigenvalue weighted by molar-refractivity contribution is -0.161. The normalized spacial score (nSPS) is 14.1. The summed E-state index contributed by atoms with van der Waals surface area (Å²) in [5.41, 5.74) is 0. The fourth-order valence-corrected chi connectivity index (χ4v) is 14.6. The zero-order valence-electron chi connectivity index (χ0n) is 67.6. The van der Waals surface area contributed by atoms with E-state index in [1.54, 1.807) is 0 Å². The van der Waals surface area contributed by atoms with E-state index in [2.05, 4.69) is 41.5 Å². The van der Waals surface area contributed by atoms with Gasteiger partial charge in [-0.3, -0.25) is 37.3 Å². The van der Waals surface area contributed by atoms with Crippen LogP contribution < -0.4 is 0 Å². The maximum Gasteiger partial charge on any atom is 0.472 e. The van der Waals surface area contributed by atoms with Crippen LogP contribution in [-0.2, 0) is 65.4 Å². The van der Waals surface area contributed by atoms with Gasteiger partial charge in [-0.2, -0.15) is 0 Å². The molecular formula is C84H164O17P2. The van der Waals surface area contributed by atoms with Crippen molar-refractivity contribution in [2.45, 2.75) is 464 Å². The molecular weight excluding hydrogens is 1340 g/mol. The van der Waals surface area contributed by atoms with Gasteiger partial charge in [-0.15, -0.1) is 0 Å². The Kier molecular flexibility index (Phi) is 74.1. The van der Waals surface area contributed by atoms with Gasteiger partial charge in [-0.1, -0.05) is 395 Å². The summed E-state index contributed by atoms with van der Waals surface area (Å²) in [5, 5.41) is 10.7. The van der Waals surface area contributed by atoms with Gasteiger partial charge in [0.2, 0.25) is 0 Å². The molecule has 0 aliphatic carbocycles. The van der Waals surface area contributed by atoms with Crippen LogP contribution in [0.25, 0.3) is 0 Å². The molecule has 0 aromatic heterocycles. The Morgan fingerprint density at radius 3 is 0.738 bits per heavy atom. The molecule has 0 bridgehead atoms. The van der Waals surface area contributed by atoms with Crippen LogP contribution in [0.5, 0.6) is 0 Å². The molecule has 3 unspecified atom stereocenters. The van der Waals surface area contributed by atoms with E-state index in [-0.39, 0.29) is 25.7 Å². The maximum absolute atomic E-state index is 13.1. The Balaban J connectivity index is 5.23. The van der Waals surface area contributed by atoms with Gasteiger partial charge in [0.05, 0.1) is 26.4 Å². The summed E-state index contributed by atoms with van der Waals surface area (Å²) in [6.45, 7) is 9.74. The summed E-state index contributed by atoms with van der Waals surface area (Å²) >= 11 is 0.